The molecule has 92 valence electrons. The highest BCUT2D eigenvalue weighted by molar-refractivity contribution is 5.84. The Kier molecular flexibility index (Phi) is 4.59. The van der Waals surface area contributed by atoms with Gasteiger partial charge in [0.05, 0.1) is 6.54 Å². The van der Waals surface area contributed by atoms with Crippen molar-refractivity contribution in [2.24, 2.45) is 5.73 Å². The number of carbonyl (C=O) groups excluding carboxylic acids is 1. The Balaban J connectivity index is 2.77. The lowest BCUT2D eigenvalue weighted by atomic mass is 10.1. The molecule has 0 heterocycles. The number of carboxylic acids is 1. The number of aliphatic carboxylic acids is 1. The Morgan fingerprint density at radius 3 is 2.59 bits per heavy atom. The van der Waals surface area contributed by atoms with Gasteiger partial charge >= 0.3 is 5.97 Å². The summed E-state index contributed by atoms with van der Waals surface area (Å²) in [6, 6.07) is 4.64. The van der Waals surface area contributed by atoms with Gasteiger partial charge in [-0.3, -0.25) is 4.79 Å². The molecule has 4 N–H and O–H groups in total. The van der Waals surface area contributed by atoms with Crippen LogP contribution in [-0.4, -0.2) is 29.6 Å². The van der Waals surface area contributed by atoms with Crippen LogP contribution in [0.5, 0.6) is 0 Å². The topological polar surface area (TPSA) is 92.4 Å². The van der Waals surface area contributed by atoms with Crippen LogP contribution >= 0.6 is 0 Å². The number of rotatable bonds is 5. The molecule has 0 aromatic heterocycles. The first-order valence-corrected chi connectivity index (χ1v) is 5.00. The van der Waals surface area contributed by atoms with Crippen LogP contribution in [0.25, 0.3) is 0 Å². The number of halogens is 1. The van der Waals surface area contributed by atoms with E-state index in [0.717, 1.165) is 0 Å². The fourth-order valence-corrected chi connectivity index (χ4v) is 1.34. The fraction of sp³-hybridized carbons (Fsp3) is 0.273. The lowest BCUT2D eigenvalue weighted by Crippen LogP contribution is -2.44. The van der Waals surface area contributed by atoms with E-state index in [2.05, 4.69) is 5.32 Å². The quantitative estimate of drug-likeness (QED) is 0.670. The van der Waals surface area contributed by atoms with Crippen molar-refractivity contribution in [3.05, 3.63) is 35.6 Å². The molecular formula is C11H13FN2O3. The Morgan fingerprint density at radius 1 is 1.41 bits per heavy atom. The van der Waals surface area contributed by atoms with Gasteiger partial charge in [0.25, 0.3) is 0 Å². The maximum atomic E-state index is 13.3. The van der Waals surface area contributed by atoms with Crippen molar-refractivity contribution in [2.45, 2.75) is 12.5 Å². The minimum atomic E-state index is -1.23. The minimum absolute atomic E-state index is 0.117. The lowest BCUT2D eigenvalue weighted by molar-refractivity contribution is -0.141. The zero-order chi connectivity index (χ0) is 12.8. The summed E-state index contributed by atoms with van der Waals surface area (Å²) in [4.78, 5) is 21.9. The van der Waals surface area contributed by atoms with Crippen molar-refractivity contribution in [2.75, 3.05) is 6.54 Å². The predicted octanol–water partition coefficient (Wildman–Crippen LogP) is -0.104. The summed E-state index contributed by atoms with van der Waals surface area (Å²) in [6.45, 7) is -0.305. The molecule has 0 saturated carbocycles. The molecule has 0 bridgehead atoms. The molecule has 0 aliphatic rings. The van der Waals surface area contributed by atoms with Gasteiger partial charge in [-0.2, -0.15) is 0 Å². The van der Waals surface area contributed by atoms with Crippen molar-refractivity contribution in [3.63, 3.8) is 0 Å². The number of nitrogens with one attached hydrogen (secondary N) is 1. The highest BCUT2D eigenvalue weighted by Crippen LogP contribution is 2.09. The molecule has 0 radical (unpaired) electrons. The van der Waals surface area contributed by atoms with Crippen molar-refractivity contribution in [1.29, 1.82) is 0 Å². The SMILES string of the molecule is NCC(=O)N[C@@H](Cc1ccccc1F)C(=O)O. The molecule has 0 aliphatic heterocycles. The third-order valence-corrected chi connectivity index (χ3v) is 2.20. The van der Waals surface area contributed by atoms with Crippen LogP contribution < -0.4 is 11.1 Å². The van der Waals surface area contributed by atoms with Crippen molar-refractivity contribution in [3.8, 4) is 0 Å². The number of hydrogen-bond acceptors (Lipinski definition) is 3. The first-order valence-electron chi connectivity index (χ1n) is 5.00. The third kappa shape index (κ3) is 3.84. The van der Waals surface area contributed by atoms with E-state index >= 15 is 0 Å². The minimum Gasteiger partial charge on any atom is -0.480 e. The normalized spacial score (nSPS) is 11.9. The first-order chi connectivity index (χ1) is 8.04. The van der Waals surface area contributed by atoms with E-state index in [9.17, 15) is 14.0 Å². The molecule has 0 fully saturated rings. The molecule has 1 aromatic carbocycles. The molecule has 0 aliphatic carbocycles. The van der Waals surface area contributed by atoms with Crippen molar-refractivity contribution in [1.82, 2.24) is 5.32 Å². The molecule has 1 amide bonds. The standard InChI is InChI=1S/C11H13FN2O3/c12-8-4-2-1-3-7(8)5-9(11(16)17)14-10(15)6-13/h1-4,9H,5-6,13H2,(H,14,15)(H,16,17)/t9-/m0/s1. The molecule has 5 nitrogen and oxygen atoms in total. The Hall–Kier alpha value is -1.95. The largest absolute Gasteiger partial charge is 0.480 e. The van der Waals surface area contributed by atoms with Gasteiger partial charge in [-0.1, -0.05) is 18.2 Å². The molecule has 1 atom stereocenters. The summed E-state index contributed by atoms with van der Waals surface area (Å²) in [5, 5.41) is 11.1. The zero-order valence-corrected chi connectivity index (χ0v) is 9.02. The van der Waals surface area contributed by atoms with E-state index in [0.29, 0.717) is 0 Å². The van der Waals surface area contributed by atoms with Crippen LogP contribution in [0.3, 0.4) is 0 Å². The van der Waals surface area contributed by atoms with Crippen LogP contribution in [0.15, 0.2) is 24.3 Å². The predicted molar refractivity (Wildman–Crippen MR) is 58.7 cm³/mol. The maximum Gasteiger partial charge on any atom is 0.326 e. The van der Waals surface area contributed by atoms with Gasteiger partial charge in [0, 0.05) is 6.42 Å². The van der Waals surface area contributed by atoms with Crippen LogP contribution in [0.1, 0.15) is 5.56 Å². The van der Waals surface area contributed by atoms with Crippen molar-refractivity contribution < 1.29 is 19.1 Å². The van der Waals surface area contributed by atoms with Gasteiger partial charge in [0.2, 0.25) is 5.91 Å². The van der Waals surface area contributed by atoms with Crippen LogP contribution in [0, 0.1) is 5.82 Å². The van der Waals surface area contributed by atoms with Gasteiger partial charge in [-0.15, -0.1) is 0 Å². The van der Waals surface area contributed by atoms with E-state index in [1.807, 2.05) is 0 Å². The van der Waals surface area contributed by atoms with E-state index < -0.39 is 23.7 Å². The van der Waals surface area contributed by atoms with Gasteiger partial charge in [-0.05, 0) is 11.6 Å². The number of benzene rings is 1. The number of carbonyl (C=O) groups is 2. The zero-order valence-electron chi connectivity index (χ0n) is 9.02. The smallest absolute Gasteiger partial charge is 0.326 e. The molecule has 6 heteroatoms. The van der Waals surface area contributed by atoms with Crippen LogP contribution in [0.2, 0.25) is 0 Å². The van der Waals surface area contributed by atoms with Gasteiger partial charge in [0.15, 0.2) is 0 Å². The Labute approximate surface area is 97.4 Å². The monoisotopic (exact) mass is 240 g/mol. The summed E-state index contributed by atoms with van der Waals surface area (Å²) in [5.74, 6) is -2.32. The maximum absolute atomic E-state index is 13.3. The Bertz CT molecular complexity index is 423. The first kappa shape index (κ1) is 13.1. The third-order valence-electron chi connectivity index (χ3n) is 2.20. The molecule has 1 aromatic rings. The lowest BCUT2D eigenvalue weighted by Gasteiger charge is -2.14. The fourth-order valence-electron chi connectivity index (χ4n) is 1.34. The summed E-state index contributed by atoms with van der Waals surface area (Å²) in [6.07, 6.45) is -0.117. The number of nitrogens with two attached hydrogens (primary N) is 1. The summed E-state index contributed by atoms with van der Waals surface area (Å²) in [7, 11) is 0. The number of hydrogen-bond donors (Lipinski definition) is 3. The molecule has 0 spiro atoms. The molecule has 17 heavy (non-hydrogen) atoms. The summed E-state index contributed by atoms with van der Waals surface area (Å²) >= 11 is 0. The van der Waals surface area contributed by atoms with Crippen molar-refractivity contribution >= 4 is 11.9 Å². The average Bonchev–Trinajstić information content (AvgIpc) is 2.30. The van der Waals surface area contributed by atoms with Gasteiger partial charge in [-0.25, -0.2) is 9.18 Å². The van der Waals surface area contributed by atoms with Crippen LogP contribution in [0.4, 0.5) is 4.39 Å². The molecule has 0 saturated heterocycles. The van der Waals surface area contributed by atoms with Gasteiger partial charge in [0.1, 0.15) is 11.9 Å². The second kappa shape index (κ2) is 5.95. The number of amides is 1. The van der Waals surface area contributed by atoms with E-state index in [1.165, 1.54) is 18.2 Å². The highest BCUT2D eigenvalue weighted by Gasteiger charge is 2.20. The summed E-state index contributed by atoms with van der Waals surface area (Å²) in [5.41, 5.74) is 5.30. The molecular weight excluding hydrogens is 227 g/mol. The Morgan fingerprint density at radius 2 is 2.06 bits per heavy atom. The van der Waals surface area contributed by atoms with E-state index in [-0.39, 0.29) is 18.5 Å². The second-order valence-corrected chi connectivity index (χ2v) is 3.46. The molecule has 1 rings (SSSR count). The van der Waals surface area contributed by atoms with Crippen LogP contribution in [-0.2, 0) is 16.0 Å². The van der Waals surface area contributed by atoms with Gasteiger partial charge < -0.3 is 16.2 Å². The second-order valence-electron chi connectivity index (χ2n) is 3.46. The van der Waals surface area contributed by atoms with E-state index in [4.69, 9.17) is 10.8 Å². The average molecular weight is 240 g/mol. The van der Waals surface area contributed by atoms with E-state index in [1.54, 1.807) is 6.07 Å². The number of carboxylic acid groups (broad SMARTS) is 1. The summed E-state index contributed by atoms with van der Waals surface area (Å²) < 4.78 is 13.3. The highest BCUT2D eigenvalue weighted by atomic mass is 19.1. The molecule has 0 unspecified atom stereocenters.